The molecule has 0 aliphatic heterocycles. The van der Waals surface area contributed by atoms with E-state index in [2.05, 4.69) is 162 Å². The third-order valence-electron chi connectivity index (χ3n) is 10.6. The lowest BCUT2D eigenvalue weighted by molar-refractivity contribution is 1.18. The predicted molar refractivity (Wildman–Crippen MR) is 220 cm³/mol. The predicted octanol–water partition coefficient (Wildman–Crippen LogP) is 12.6. The van der Waals surface area contributed by atoms with Crippen LogP contribution in [-0.2, 0) is 0 Å². The zero-order chi connectivity index (χ0) is 34.9. The maximum atomic E-state index is 5.35. The summed E-state index contributed by atoms with van der Waals surface area (Å²) in [5.74, 6) is 0. The molecule has 0 aliphatic carbocycles. The molecule has 0 bridgehead atoms. The van der Waals surface area contributed by atoms with Crippen molar-refractivity contribution in [1.29, 1.82) is 0 Å². The monoisotopic (exact) mass is 674 g/mol. The van der Waals surface area contributed by atoms with Gasteiger partial charge in [-0.3, -0.25) is 4.98 Å². The molecule has 0 atom stereocenters. The molecule has 0 radical (unpaired) electrons. The summed E-state index contributed by atoms with van der Waals surface area (Å²) >= 11 is 0. The third kappa shape index (κ3) is 4.66. The van der Waals surface area contributed by atoms with Gasteiger partial charge in [0.05, 0.1) is 39.0 Å². The Morgan fingerprint density at radius 3 is 1.94 bits per heavy atom. The smallest absolute Gasteiger partial charge is 0.0972 e. The zero-order valence-corrected chi connectivity index (χ0v) is 28.6. The Balaban J connectivity index is 1.17. The van der Waals surface area contributed by atoms with Crippen LogP contribution in [0.15, 0.2) is 182 Å². The molecule has 0 saturated heterocycles. The van der Waals surface area contributed by atoms with Crippen molar-refractivity contribution in [3.05, 3.63) is 182 Å². The summed E-state index contributed by atoms with van der Waals surface area (Å²) in [5.41, 5.74) is 12.5. The lowest BCUT2D eigenvalue weighted by Crippen LogP contribution is -1.94. The van der Waals surface area contributed by atoms with Gasteiger partial charge in [-0.1, -0.05) is 127 Å². The van der Waals surface area contributed by atoms with Crippen molar-refractivity contribution in [2.75, 3.05) is 0 Å². The van der Waals surface area contributed by atoms with E-state index in [9.17, 15) is 0 Å². The fraction of sp³-hybridized carbons (Fsp3) is 0. The molecule has 7 aromatic carbocycles. The van der Waals surface area contributed by atoms with E-state index >= 15 is 0 Å². The van der Waals surface area contributed by atoms with E-state index in [-0.39, 0.29) is 0 Å². The first-order valence-corrected chi connectivity index (χ1v) is 17.9. The van der Waals surface area contributed by atoms with Crippen LogP contribution < -0.4 is 0 Å². The Hall–Kier alpha value is -7.17. The molecule has 4 aromatic heterocycles. The Kier molecular flexibility index (Phi) is 6.52. The number of hydrogen-bond donors (Lipinski definition) is 0. The van der Waals surface area contributed by atoms with Gasteiger partial charge in [0.1, 0.15) is 0 Å². The number of aromatic nitrogens is 4. The number of hydrogen-bond acceptors (Lipinski definition) is 3. The average molecular weight is 675 g/mol. The standard InChI is InChI=1S/C49H30N4/c1-4-12-31(13-5-1)41-25-22-33-20-21-35-28-36(30-50-48(35)49(33)51-41)34-23-26-42-40(29-34)45-39(47(52-42)32-14-6-2-7-15-32)24-27-44-46(45)38-18-10-11-19-43(38)53(44)37-16-8-3-9-17-37/h1-30H. The van der Waals surface area contributed by atoms with Gasteiger partial charge in [-0.15, -0.1) is 0 Å². The number of fused-ring (bicyclic) bond motifs is 10. The van der Waals surface area contributed by atoms with Crippen LogP contribution in [0.5, 0.6) is 0 Å². The van der Waals surface area contributed by atoms with Crippen molar-refractivity contribution < 1.29 is 0 Å². The molecule has 0 unspecified atom stereocenters. The van der Waals surface area contributed by atoms with Crippen LogP contribution in [0, 0.1) is 0 Å². The van der Waals surface area contributed by atoms with Crippen LogP contribution in [0.3, 0.4) is 0 Å². The van der Waals surface area contributed by atoms with Crippen molar-refractivity contribution in [1.82, 2.24) is 19.5 Å². The van der Waals surface area contributed by atoms with Gasteiger partial charge in [0, 0.05) is 66.3 Å². The van der Waals surface area contributed by atoms with Crippen LogP contribution in [0.25, 0.3) is 105 Å². The van der Waals surface area contributed by atoms with E-state index in [1.165, 1.54) is 27.2 Å². The molecule has 4 heterocycles. The molecule has 11 rings (SSSR count). The van der Waals surface area contributed by atoms with E-state index in [4.69, 9.17) is 15.0 Å². The Bertz CT molecular complexity index is 3200. The van der Waals surface area contributed by atoms with Gasteiger partial charge in [0.25, 0.3) is 0 Å². The molecule has 4 nitrogen and oxygen atoms in total. The number of benzene rings is 7. The summed E-state index contributed by atoms with van der Waals surface area (Å²) in [6.07, 6.45) is 1.99. The first-order chi connectivity index (χ1) is 26.3. The highest BCUT2D eigenvalue weighted by molar-refractivity contribution is 6.29. The van der Waals surface area contributed by atoms with Crippen LogP contribution in [0.4, 0.5) is 0 Å². The summed E-state index contributed by atoms with van der Waals surface area (Å²) in [5, 5.41) is 8.04. The molecule has 0 fully saturated rings. The molecular formula is C49H30N4. The van der Waals surface area contributed by atoms with Crippen LogP contribution in [0.1, 0.15) is 0 Å². The van der Waals surface area contributed by atoms with E-state index in [1.807, 2.05) is 24.4 Å². The zero-order valence-electron chi connectivity index (χ0n) is 28.6. The summed E-state index contributed by atoms with van der Waals surface area (Å²) < 4.78 is 2.39. The van der Waals surface area contributed by atoms with Gasteiger partial charge in [-0.2, -0.15) is 0 Å². The Morgan fingerprint density at radius 2 is 1.11 bits per heavy atom. The summed E-state index contributed by atoms with van der Waals surface area (Å²) in [6, 6.07) is 62.2. The molecule has 53 heavy (non-hydrogen) atoms. The van der Waals surface area contributed by atoms with Crippen molar-refractivity contribution in [2.45, 2.75) is 0 Å². The van der Waals surface area contributed by atoms with Gasteiger partial charge in [0.15, 0.2) is 0 Å². The first-order valence-electron chi connectivity index (χ1n) is 17.9. The highest BCUT2D eigenvalue weighted by Gasteiger charge is 2.20. The molecule has 0 saturated carbocycles. The summed E-state index contributed by atoms with van der Waals surface area (Å²) in [6.45, 7) is 0. The molecule has 11 aromatic rings. The summed E-state index contributed by atoms with van der Waals surface area (Å²) in [4.78, 5) is 15.5. The van der Waals surface area contributed by atoms with Gasteiger partial charge in [-0.05, 0) is 54.1 Å². The van der Waals surface area contributed by atoms with Crippen LogP contribution in [0.2, 0.25) is 0 Å². The van der Waals surface area contributed by atoms with Gasteiger partial charge in [-0.25, -0.2) is 9.97 Å². The number of rotatable bonds is 4. The van der Waals surface area contributed by atoms with Gasteiger partial charge in [0.2, 0.25) is 0 Å². The maximum absolute atomic E-state index is 5.35. The average Bonchev–Trinajstić information content (AvgIpc) is 3.58. The molecule has 0 N–H and O–H groups in total. The summed E-state index contributed by atoms with van der Waals surface area (Å²) in [7, 11) is 0. The number of para-hydroxylation sites is 2. The Labute approximate surface area is 305 Å². The highest BCUT2D eigenvalue weighted by atomic mass is 15.0. The van der Waals surface area contributed by atoms with Gasteiger partial charge < -0.3 is 4.57 Å². The van der Waals surface area contributed by atoms with Crippen LogP contribution >= 0.6 is 0 Å². The molecule has 4 heteroatoms. The lowest BCUT2D eigenvalue weighted by atomic mass is 9.94. The minimum Gasteiger partial charge on any atom is -0.309 e. The first kappa shape index (κ1) is 29.5. The highest BCUT2D eigenvalue weighted by Crippen LogP contribution is 2.43. The fourth-order valence-corrected chi connectivity index (χ4v) is 8.11. The SMILES string of the molecule is c1ccc(-c2ccc3ccc4cc(-c5ccc6nc(-c7ccccc7)c7ccc8c(c9ccccc9n8-c8ccccc8)c7c6c5)cnc4c3n2)cc1. The van der Waals surface area contributed by atoms with E-state index < -0.39 is 0 Å². The molecular weight excluding hydrogens is 645 g/mol. The second kappa shape index (κ2) is 11.7. The maximum Gasteiger partial charge on any atom is 0.0972 e. The molecule has 246 valence electrons. The Morgan fingerprint density at radius 1 is 0.396 bits per heavy atom. The number of nitrogens with zero attached hydrogens (tertiary/aromatic N) is 4. The third-order valence-corrected chi connectivity index (χ3v) is 10.6. The second-order valence-corrected chi connectivity index (χ2v) is 13.6. The fourth-order valence-electron chi connectivity index (χ4n) is 8.11. The number of pyridine rings is 3. The van der Waals surface area contributed by atoms with Crippen LogP contribution in [-0.4, -0.2) is 19.5 Å². The van der Waals surface area contributed by atoms with Crippen molar-refractivity contribution in [3.63, 3.8) is 0 Å². The molecule has 0 spiro atoms. The topological polar surface area (TPSA) is 43.6 Å². The van der Waals surface area contributed by atoms with Crippen molar-refractivity contribution >= 4 is 65.3 Å². The molecule has 0 amide bonds. The van der Waals surface area contributed by atoms with Crippen molar-refractivity contribution in [2.24, 2.45) is 0 Å². The van der Waals surface area contributed by atoms with Gasteiger partial charge >= 0.3 is 0 Å². The van der Waals surface area contributed by atoms with E-state index in [0.717, 1.165) is 77.4 Å². The quantitative estimate of drug-likeness (QED) is 0.175. The minimum absolute atomic E-state index is 0.903. The minimum atomic E-state index is 0.903. The normalized spacial score (nSPS) is 11.8. The second-order valence-electron chi connectivity index (χ2n) is 13.6. The van der Waals surface area contributed by atoms with E-state index in [0.29, 0.717) is 0 Å². The van der Waals surface area contributed by atoms with E-state index in [1.54, 1.807) is 0 Å². The molecule has 0 aliphatic rings. The lowest BCUT2D eigenvalue weighted by Gasteiger charge is -2.14. The van der Waals surface area contributed by atoms with Crippen molar-refractivity contribution in [3.8, 4) is 39.3 Å². The largest absolute Gasteiger partial charge is 0.309 e.